The van der Waals surface area contributed by atoms with Crippen molar-refractivity contribution in [1.82, 2.24) is 9.97 Å². The summed E-state index contributed by atoms with van der Waals surface area (Å²) in [7, 11) is 1.91. The molecule has 0 saturated carbocycles. The van der Waals surface area contributed by atoms with Crippen LogP contribution >= 0.6 is 0 Å². The molecular formula is C20H19N5O3. The number of carbonyl (C=O) groups excluding carboxylic acids is 1. The summed E-state index contributed by atoms with van der Waals surface area (Å²) in [5.41, 5.74) is 2.40. The van der Waals surface area contributed by atoms with Gasteiger partial charge in [-0.25, -0.2) is 4.98 Å². The number of hydrogen-bond acceptors (Lipinski definition) is 7. The van der Waals surface area contributed by atoms with Crippen LogP contribution in [-0.2, 0) is 4.79 Å². The highest BCUT2D eigenvalue weighted by Gasteiger charge is 2.21. The van der Waals surface area contributed by atoms with Gasteiger partial charge in [0.15, 0.2) is 11.5 Å². The SMILES string of the molecule is CC(=O)Nc1ccc(Nc2nccc(N(C)c3cccc4c3OCO4)n2)cc1. The molecule has 28 heavy (non-hydrogen) atoms. The third-order valence-electron chi connectivity index (χ3n) is 4.18. The van der Waals surface area contributed by atoms with Gasteiger partial charge in [0.25, 0.3) is 0 Å². The number of anilines is 5. The average molecular weight is 377 g/mol. The van der Waals surface area contributed by atoms with Gasteiger partial charge in [-0.2, -0.15) is 4.98 Å². The number of hydrogen-bond donors (Lipinski definition) is 2. The Morgan fingerprint density at radius 2 is 1.86 bits per heavy atom. The Morgan fingerprint density at radius 3 is 2.64 bits per heavy atom. The van der Waals surface area contributed by atoms with Crippen LogP contribution in [0.4, 0.5) is 28.8 Å². The van der Waals surface area contributed by atoms with E-state index in [1.807, 2.05) is 60.5 Å². The molecular weight excluding hydrogens is 358 g/mol. The quantitative estimate of drug-likeness (QED) is 0.701. The van der Waals surface area contributed by atoms with Gasteiger partial charge in [0.2, 0.25) is 18.6 Å². The van der Waals surface area contributed by atoms with Crippen LogP contribution in [0.5, 0.6) is 11.5 Å². The molecule has 0 atom stereocenters. The first kappa shape index (κ1) is 17.6. The molecule has 1 amide bonds. The minimum Gasteiger partial charge on any atom is -0.454 e. The van der Waals surface area contributed by atoms with Gasteiger partial charge in [0, 0.05) is 31.5 Å². The van der Waals surface area contributed by atoms with Gasteiger partial charge in [0.1, 0.15) is 5.82 Å². The van der Waals surface area contributed by atoms with Crippen molar-refractivity contribution in [3.8, 4) is 11.5 Å². The van der Waals surface area contributed by atoms with Crippen LogP contribution in [0.1, 0.15) is 6.92 Å². The Labute approximate surface area is 162 Å². The van der Waals surface area contributed by atoms with Crippen LogP contribution in [-0.4, -0.2) is 29.7 Å². The topological polar surface area (TPSA) is 88.6 Å². The fourth-order valence-corrected chi connectivity index (χ4v) is 2.87. The van der Waals surface area contributed by atoms with Crippen molar-refractivity contribution in [1.29, 1.82) is 0 Å². The number of nitrogens with zero attached hydrogens (tertiary/aromatic N) is 3. The van der Waals surface area contributed by atoms with E-state index in [4.69, 9.17) is 9.47 Å². The highest BCUT2D eigenvalue weighted by Crippen LogP contribution is 2.42. The number of rotatable bonds is 5. The van der Waals surface area contributed by atoms with Crippen LogP contribution in [0.2, 0.25) is 0 Å². The molecule has 2 aromatic carbocycles. The zero-order valence-corrected chi connectivity index (χ0v) is 15.5. The number of para-hydroxylation sites is 1. The molecule has 0 spiro atoms. The van der Waals surface area contributed by atoms with E-state index < -0.39 is 0 Å². The molecule has 0 bridgehead atoms. The molecule has 0 fully saturated rings. The van der Waals surface area contributed by atoms with E-state index in [2.05, 4.69) is 20.6 Å². The summed E-state index contributed by atoms with van der Waals surface area (Å²) in [4.78, 5) is 21.9. The van der Waals surface area contributed by atoms with Gasteiger partial charge < -0.3 is 25.0 Å². The molecule has 2 N–H and O–H groups in total. The third-order valence-corrected chi connectivity index (χ3v) is 4.18. The van der Waals surface area contributed by atoms with Crippen molar-refractivity contribution < 1.29 is 14.3 Å². The first-order chi connectivity index (χ1) is 13.6. The molecule has 1 aliphatic heterocycles. The normalized spacial score (nSPS) is 11.8. The summed E-state index contributed by atoms with van der Waals surface area (Å²) in [5.74, 6) is 2.47. The molecule has 0 aliphatic carbocycles. The molecule has 0 radical (unpaired) electrons. The van der Waals surface area contributed by atoms with E-state index in [1.54, 1.807) is 6.20 Å². The number of benzene rings is 2. The molecule has 2 heterocycles. The largest absolute Gasteiger partial charge is 0.454 e. The smallest absolute Gasteiger partial charge is 0.231 e. The molecule has 3 aromatic rings. The summed E-state index contributed by atoms with van der Waals surface area (Å²) in [6.07, 6.45) is 1.69. The van der Waals surface area contributed by atoms with E-state index in [0.29, 0.717) is 17.5 Å². The lowest BCUT2D eigenvalue weighted by atomic mass is 10.2. The molecule has 0 saturated heterocycles. The van der Waals surface area contributed by atoms with E-state index in [0.717, 1.165) is 22.8 Å². The number of ether oxygens (including phenoxy) is 2. The van der Waals surface area contributed by atoms with Crippen molar-refractivity contribution in [3.63, 3.8) is 0 Å². The lowest BCUT2D eigenvalue weighted by Crippen LogP contribution is -2.13. The second-order valence-corrected chi connectivity index (χ2v) is 6.19. The summed E-state index contributed by atoms with van der Waals surface area (Å²) >= 11 is 0. The predicted octanol–water partition coefficient (Wildman–Crippen LogP) is 3.68. The summed E-state index contributed by atoms with van der Waals surface area (Å²) in [5, 5.41) is 5.90. The molecule has 1 aromatic heterocycles. The number of amides is 1. The maximum atomic E-state index is 11.1. The van der Waals surface area contributed by atoms with Crippen LogP contribution in [0.15, 0.2) is 54.7 Å². The van der Waals surface area contributed by atoms with Crippen molar-refractivity contribution in [3.05, 3.63) is 54.7 Å². The second-order valence-electron chi connectivity index (χ2n) is 6.19. The Hall–Kier alpha value is -3.81. The van der Waals surface area contributed by atoms with Gasteiger partial charge in [0.05, 0.1) is 5.69 Å². The van der Waals surface area contributed by atoms with Crippen LogP contribution < -0.4 is 25.0 Å². The highest BCUT2D eigenvalue weighted by atomic mass is 16.7. The fourth-order valence-electron chi connectivity index (χ4n) is 2.87. The van der Waals surface area contributed by atoms with Crippen molar-refractivity contribution in [2.75, 3.05) is 29.4 Å². The van der Waals surface area contributed by atoms with Crippen molar-refractivity contribution in [2.24, 2.45) is 0 Å². The number of fused-ring (bicyclic) bond motifs is 1. The van der Waals surface area contributed by atoms with E-state index >= 15 is 0 Å². The van der Waals surface area contributed by atoms with Gasteiger partial charge >= 0.3 is 0 Å². The third kappa shape index (κ3) is 3.66. The van der Waals surface area contributed by atoms with Crippen LogP contribution in [0.3, 0.4) is 0 Å². The standard InChI is InChI=1S/C20H19N5O3/c1-13(26)22-14-6-8-15(9-7-14)23-20-21-11-10-18(24-20)25(2)16-4-3-5-17-19(16)28-12-27-17/h3-11H,12H2,1-2H3,(H,22,26)(H,21,23,24). The van der Waals surface area contributed by atoms with Crippen molar-refractivity contribution in [2.45, 2.75) is 6.92 Å². The van der Waals surface area contributed by atoms with Gasteiger partial charge in [-0.15, -0.1) is 0 Å². The summed E-state index contributed by atoms with van der Waals surface area (Å²) < 4.78 is 11.0. The monoisotopic (exact) mass is 377 g/mol. The van der Waals surface area contributed by atoms with E-state index in [1.165, 1.54) is 6.92 Å². The Bertz CT molecular complexity index is 1010. The maximum absolute atomic E-state index is 11.1. The van der Waals surface area contributed by atoms with E-state index in [-0.39, 0.29) is 12.7 Å². The molecule has 8 nitrogen and oxygen atoms in total. The zero-order valence-electron chi connectivity index (χ0n) is 15.5. The number of nitrogens with one attached hydrogen (secondary N) is 2. The van der Waals surface area contributed by atoms with Crippen LogP contribution in [0.25, 0.3) is 0 Å². The summed E-state index contributed by atoms with van der Waals surface area (Å²) in [6, 6.07) is 14.9. The first-order valence-electron chi connectivity index (χ1n) is 8.70. The average Bonchev–Trinajstić information content (AvgIpc) is 3.18. The number of carbonyl (C=O) groups is 1. The minimum absolute atomic E-state index is 0.110. The summed E-state index contributed by atoms with van der Waals surface area (Å²) in [6.45, 7) is 1.69. The number of aromatic nitrogens is 2. The van der Waals surface area contributed by atoms with Crippen LogP contribution in [0, 0.1) is 0 Å². The minimum atomic E-state index is -0.110. The zero-order chi connectivity index (χ0) is 19.5. The highest BCUT2D eigenvalue weighted by molar-refractivity contribution is 5.88. The predicted molar refractivity (Wildman–Crippen MR) is 107 cm³/mol. The van der Waals surface area contributed by atoms with Gasteiger partial charge in [-0.05, 0) is 42.5 Å². The van der Waals surface area contributed by atoms with Gasteiger partial charge in [-0.1, -0.05) is 6.07 Å². The molecule has 142 valence electrons. The van der Waals surface area contributed by atoms with E-state index in [9.17, 15) is 4.79 Å². The molecule has 8 heteroatoms. The fraction of sp³-hybridized carbons (Fsp3) is 0.150. The van der Waals surface area contributed by atoms with Crippen molar-refractivity contribution >= 4 is 34.7 Å². The molecule has 4 rings (SSSR count). The lowest BCUT2D eigenvalue weighted by molar-refractivity contribution is -0.114. The maximum Gasteiger partial charge on any atom is 0.231 e. The molecule has 0 unspecified atom stereocenters. The Balaban J connectivity index is 1.53. The second kappa shape index (κ2) is 7.43. The van der Waals surface area contributed by atoms with Gasteiger partial charge in [-0.3, -0.25) is 4.79 Å². The Morgan fingerprint density at radius 1 is 1.07 bits per heavy atom. The first-order valence-corrected chi connectivity index (χ1v) is 8.70. The lowest BCUT2D eigenvalue weighted by Gasteiger charge is -2.20. The molecule has 1 aliphatic rings. The Kier molecular flexibility index (Phi) is 4.67.